The number of carbonyl (C=O) groups is 2. The van der Waals surface area contributed by atoms with Gasteiger partial charge in [0.15, 0.2) is 5.13 Å². The van der Waals surface area contributed by atoms with Crippen LogP contribution in [0.5, 0.6) is 11.5 Å². The summed E-state index contributed by atoms with van der Waals surface area (Å²) in [5, 5.41) is 11.6. The van der Waals surface area contributed by atoms with E-state index in [1.54, 1.807) is 62.8 Å². The monoisotopic (exact) mass is 486 g/mol. The summed E-state index contributed by atoms with van der Waals surface area (Å²) in [5.74, 6) is -0.521. The quantitative estimate of drug-likeness (QED) is 0.236. The number of fused-ring (bicyclic) bond motifs is 1. The van der Waals surface area contributed by atoms with Crippen LogP contribution in [0.25, 0.3) is 16.0 Å². The summed E-state index contributed by atoms with van der Waals surface area (Å²) in [5.41, 5.74) is 2.86. The topological polar surface area (TPSA) is 89.0 Å². The lowest BCUT2D eigenvalue weighted by Gasteiger charge is -2.23. The lowest BCUT2D eigenvalue weighted by atomic mass is 9.95. The van der Waals surface area contributed by atoms with E-state index in [4.69, 9.17) is 9.47 Å². The summed E-state index contributed by atoms with van der Waals surface area (Å²) in [6.45, 7) is 1.98. The maximum Gasteiger partial charge on any atom is 0.301 e. The molecule has 7 nitrogen and oxygen atoms in total. The van der Waals surface area contributed by atoms with Crippen LogP contribution in [0.2, 0.25) is 0 Å². The van der Waals surface area contributed by atoms with Crippen LogP contribution in [0.4, 0.5) is 5.13 Å². The van der Waals surface area contributed by atoms with Gasteiger partial charge in [0, 0.05) is 5.56 Å². The highest BCUT2D eigenvalue weighted by atomic mass is 32.1. The number of thiazole rings is 1. The number of aliphatic hydroxyl groups excluding tert-OH is 1. The number of carbonyl (C=O) groups excluding carboxylic acids is 2. The summed E-state index contributed by atoms with van der Waals surface area (Å²) in [4.78, 5) is 32.7. The first-order valence-corrected chi connectivity index (χ1v) is 11.7. The van der Waals surface area contributed by atoms with Crippen molar-refractivity contribution in [2.24, 2.45) is 0 Å². The molecule has 0 saturated carbocycles. The zero-order valence-electron chi connectivity index (χ0n) is 19.3. The van der Waals surface area contributed by atoms with Crippen molar-refractivity contribution in [2.45, 2.75) is 13.0 Å². The predicted molar refractivity (Wildman–Crippen MR) is 135 cm³/mol. The molecule has 1 aliphatic rings. The van der Waals surface area contributed by atoms with Crippen molar-refractivity contribution in [3.63, 3.8) is 0 Å². The minimum Gasteiger partial charge on any atom is -0.507 e. The molecule has 0 aliphatic carbocycles. The highest BCUT2D eigenvalue weighted by molar-refractivity contribution is 7.22. The number of benzene rings is 3. The number of anilines is 1. The van der Waals surface area contributed by atoms with Crippen LogP contribution in [-0.4, -0.2) is 36.0 Å². The second-order valence-corrected chi connectivity index (χ2v) is 9.15. The lowest BCUT2D eigenvalue weighted by molar-refractivity contribution is -0.132. The third-order valence-corrected chi connectivity index (χ3v) is 7.00. The number of aryl methyl sites for hydroxylation is 1. The third-order valence-electron chi connectivity index (χ3n) is 5.98. The van der Waals surface area contributed by atoms with Gasteiger partial charge in [0.05, 0.1) is 36.1 Å². The minimum absolute atomic E-state index is 0.000713. The molecule has 8 heteroatoms. The first kappa shape index (κ1) is 22.6. The summed E-state index contributed by atoms with van der Waals surface area (Å²) >= 11 is 1.33. The van der Waals surface area contributed by atoms with E-state index in [2.05, 4.69) is 4.98 Å². The molecule has 1 saturated heterocycles. The summed E-state index contributed by atoms with van der Waals surface area (Å²) in [6.07, 6.45) is 0. The largest absolute Gasteiger partial charge is 0.507 e. The molecule has 1 N–H and O–H groups in total. The molecule has 1 amide bonds. The molecule has 0 bridgehead atoms. The van der Waals surface area contributed by atoms with Gasteiger partial charge in [-0.1, -0.05) is 29.5 Å². The smallest absolute Gasteiger partial charge is 0.301 e. The Kier molecular flexibility index (Phi) is 5.74. The van der Waals surface area contributed by atoms with Crippen molar-refractivity contribution in [2.75, 3.05) is 19.1 Å². The minimum atomic E-state index is -0.857. The lowest BCUT2D eigenvalue weighted by Crippen LogP contribution is -2.29. The number of methoxy groups -OCH3 is 2. The Morgan fingerprint density at radius 3 is 2.20 bits per heavy atom. The highest BCUT2D eigenvalue weighted by Gasteiger charge is 2.48. The number of rotatable bonds is 5. The van der Waals surface area contributed by atoms with Crippen LogP contribution in [-0.2, 0) is 9.59 Å². The molecule has 1 aromatic heterocycles. The van der Waals surface area contributed by atoms with Gasteiger partial charge in [-0.05, 0) is 66.6 Å². The van der Waals surface area contributed by atoms with Crippen molar-refractivity contribution in [3.05, 3.63) is 89.0 Å². The molecule has 1 fully saturated rings. The number of hydrogen-bond donors (Lipinski definition) is 1. The Hall–Kier alpha value is -4.17. The third kappa shape index (κ3) is 3.91. The predicted octanol–water partition coefficient (Wildman–Crippen LogP) is 5.25. The highest BCUT2D eigenvalue weighted by Crippen LogP contribution is 2.44. The fourth-order valence-electron chi connectivity index (χ4n) is 4.16. The van der Waals surface area contributed by atoms with E-state index < -0.39 is 17.7 Å². The number of aromatic nitrogens is 1. The Morgan fingerprint density at radius 2 is 1.57 bits per heavy atom. The van der Waals surface area contributed by atoms with E-state index in [1.165, 1.54) is 16.2 Å². The van der Waals surface area contributed by atoms with Gasteiger partial charge in [-0.15, -0.1) is 0 Å². The van der Waals surface area contributed by atoms with Gasteiger partial charge in [-0.3, -0.25) is 14.5 Å². The van der Waals surface area contributed by atoms with Crippen LogP contribution >= 0.6 is 11.3 Å². The average Bonchev–Trinajstić information content (AvgIpc) is 3.41. The Morgan fingerprint density at radius 1 is 0.943 bits per heavy atom. The van der Waals surface area contributed by atoms with Gasteiger partial charge in [-0.2, -0.15) is 0 Å². The van der Waals surface area contributed by atoms with E-state index >= 15 is 0 Å². The van der Waals surface area contributed by atoms with Gasteiger partial charge in [0.25, 0.3) is 5.78 Å². The van der Waals surface area contributed by atoms with E-state index in [0.29, 0.717) is 27.8 Å². The fourth-order valence-corrected chi connectivity index (χ4v) is 5.25. The standard InChI is InChI=1S/C27H22N2O5S/c1-15-4-13-20-21(14-15)35-27(28-20)29-23(16-5-9-18(33-2)10-6-16)22(25(31)26(29)32)24(30)17-7-11-19(34-3)12-8-17/h4-14,23,30H,1-3H3/b24-22+/t23-/m1/s1. The van der Waals surface area contributed by atoms with Gasteiger partial charge >= 0.3 is 5.91 Å². The number of ether oxygens (including phenoxy) is 2. The fraction of sp³-hybridized carbons (Fsp3) is 0.148. The summed E-state index contributed by atoms with van der Waals surface area (Å²) < 4.78 is 11.4. The Bertz CT molecular complexity index is 1470. The van der Waals surface area contributed by atoms with E-state index in [9.17, 15) is 14.7 Å². The molecule has 1 aliphatic heterocycles. The van der Waals surface area contributed by atoms with Crippen LogP contribution in [0.1, 0.15) is 22.7 Å². The molecule has 0 radical (unpaired) electrons. The second-order valence-electron chi connectivity index (χ2n) is 8.14. The van der Waals surface area contributed by atoms with Crippen molar-refractivity contribution < 1.29 is 24.2 Å². The Balaban J connectivity index is 1.70. The molecule has 2 heterocycles. The van der Waals surface area contributed by atoms with Crippen LogP contribution in [0, 0.1) is 6.92 Å². The van der Waals surface area contributed by atoms with E-state index in [1.807, 2.05) is 25.1 Å². The molecule has 35 heavy (non-hydrogen) atoms. The Labute approximate surface area is 205 Å². The molecule has 0 spiro atoms. The second kappa shape index (κ2) is 8.88. The summed E-state index contributed by atoms with van der Waals surface area (Å²) in [6, 6.07) is 18.7. The molecule has 1 atom stereocenters. The van der Waals surface area contributed by atoms with Crippen LogP contribution < -0.4 is 14.4 Å². The molecular weight excluding hydrogens is 464 g/mol. The summed E-state index contributed by atoms with van der Waals surface area (Å²) in [7, 11) is 3.11. The molecule has 4 aromatic rings. The first-order chi connectivity index (χ1) is 16.9. The van der Waals surface area contributed by atoms with Gasteiger partial charge in [0.1, 0.15) is 17.3 Å². The van der Waals surface area contributed by atoms with Gasteiger partial charge in [0.2, 0.25) is 0 Å². The zero-order valence-corrected chi connectivity index (χ0v) is 20.1. The van der Waals surface area contributed by atoms with Crippen molar-refractivity contribution in [3.8, 4) is 11.5 Å². The molecule has 0 unspecified atom stereocenters. The molecular formula is C27H22N2O5S. The van der Waals surface area contributed by atoms with Crippen molar-refractivity contribution >= 4 is 44.1 Å². The number of ketones is 1. The average molecular weight is 487 g/mol. The number of amides is 1. The molecule has 176 valence electrons. The van der Waals surface area contributed by atoms with E-state index in [-0.39, 0.29) is 11.3 Å². The van der Waals surface area contributed by atoms with Crippen molar-refractivity contribution in [1.82, 2.24) is 4.98 Å². The number of aliphatic hydroxyl groups is 1. The maximum absolute atomic E-state index is 13.4. The number of hydrogen-bond acceptors (Lipinski definition) is 7. The van der Waals surface area contributed by atoms with Gasteiger partial charge in [-0.25, -0.2) is 4.98 Å². The van der Waals surface area contributed by atoms with Crippen LogP contribution in [0.15, 0.2) is 72.3 Å². The van der Waals surface area contributed by atoms with Gasteiger partial charge < -0.3 is 14.6 Å². The number of nitrogens with zero attached hydrogens (tertiary/aromatic N) is 2. The molecule has 5 rings (SSSR count). The normalized spacial score (nSPS) is 17.2. The SMILES string of the molecule is COc1ccc(/C(O)=C2\C(=O)C(=O)N(c3nc4ccc(C)cc4s3)[C@@H]2c2ccc(OC)cc2)cc1. The van der Waals surface area contributed by atoms with Crippen LogP contribution in [0.3, 0.4) is 0 Å². The van der Waals surface area contributed by atoms with E-state index in [0.717, 1.165) is 15.8 Å². The van der Waals surface area contributed by atoms with Crippen molar-refractivity contribution in [1.29, 1.82) is 0 Å². The maximum atomic E-state index is 13.4. The number of Topliss-reactive ketones (excluding diaryl/α,β-unsaturated/α-hetero) is 1. The molecule has 3 aromatic carbocycles. The zero-order chi connectivity index (χ0) is 24.7. The first-order valence-electron chi connectivity index (χ1n) is 10.9.